The van der Waals surface area contributed by atoms with Crippen LogP contribution in [-0.4, -0.2) is 20.2 Å². The van der Waals surface area contributed by atoms with Crippen molar-refractivity contribution in [2.45, 2.75) is 37.6 Å². The minimum atomic E-state index is -1.40. The number of carbonyl (C=O) groups excluding carboxylic acids is 1. The van der Waals surface area contributed by atoms with Crippen LogP contribution in [0.3, 0.4) is 0 Å². The van der Waals surface area contributed by atoms with Crippen molar-refractivity contribution in [3.05, 3.63) is 66.9 Å². The van der Waals surface area contributed by atoms with E-state index >= 15 is 0 Å². The fraction of sp³-hybridized carbons (Fsp3) is 0.261. The van der Waals surface area contributed by atoms with Gasteiger partial charge in [0.25, 0.3) is 5.91 Å². The van der Waals surface area contributed by atoms with E-state index < -0.39 is 11.0 Å². The normalized spacial score (nSPS) is 21.6. The van der Waals surface area contributed by atoms with Crippen LogP contribution in [0.4, 0.5) is 5.69 Å². The van der Waals surface area contributed by atoms with Gasteiger partial charge < -0.3 is 14.6 Å². The number of hydrogen-bond donors (Lipinski definition) is 2. The summed E-state index contributed by atoms with van der Waals surface area (Å²) in [6.45, 7) is 10.1. The number of benzene rings is 2. The highest BCUT2D eigenvalue weighted by Gasteiger charge is 2.47. The Morgan fingerprint density at radius 1 is 1.21 bits per heavy atom. The molecule has 0 spiro atoms. The Bertz CT molecular complexity index is 1130. The third-order valence-electron chi connectivity index (χ3n) is 5.70. The average Bonchev–Trinajstić information content (AvgIpc) is 3.09. The molecule has 0 aliphatic heterocycles. The van der Waals surface area contributed by atoms with Gasteiger partial charge in [0.2, 0.25) is 0 Å². The number of carbonyl (C=O) groups is 1. The first-order valence-corrected chi connectivity index (χ1v) is 10.8. The summed E-state index contributed by atoms with van der Waals surface area (Å²) in [5.41, 5.74) is 3.18. The first-order chi connectivity index (χ1) is 13.8. The molecule has 6 heteroatoms. The number of anilines is 1. The smallest absolute Gasteiger partial charge is 0.251 e. The molecule has 2 aromatic carbocycles. The number of aromatic nitrogens is 1. The summed E-state index contributed by atoms with van der Waals surface area (Å²) in [6.07, 6.45) is 2.97. The van der Waals surface area contributed by atoms with Gasteiger partial charge in [0.15, 0.2) is 0 Å². The molecule has 3 aromatic rings. The minimum Gasteiger partial charge on any atom is -0.347 e. The summed E-state index contributed by atoms with van der Waals surface area (Å²) in [7, 11) is -1.40. The van der Waals surface area contributed by atoms with E-state index in [9.17, 15) is 9.00 Å². The van der Waals surface area contributed by atoms with E-state index in [0.717, 1.165) is 23.0 Å². The largest absolute Gasteiger partial charge is 0.347 e. The monoisotopic (exact) mass is 407 g/mol. The molecule has 1 amide bonds. The Hall–Kier alpha value is -2.86. The van der Waals surface area contributed by atoms with Gasteiger partial charge in [-0.15, -0.1) is 0 Å². The fourth-order valence-corrected chi connectivity index (χ4v) is 4.40. The Labute approximate surface area is 173 Å². The zero-order valence-corrected chi connectivity index (χ0v) is 17.7. The molecule has 1 aromatic heterocycles. The van der Waals surface area contributed by atoms with Gasteiger partial charge in [-0.05, 0) is 74.7 Å². The molecule has 4 rings (SSSR count). The lowest BCUT2D eigenvalue weighted by Gasteiger charge is -2.13. The van der Waals surface area contributed by atoms with Crippen molar-refractivity contribution in [1.82, 2.24) is 9.88 Å². The van der Waals surface area contributed by atoms with Crippen LogP contribution in [0.1, 0.15) is 37.6 Å². The molecule has 3 unspecified atom stereocenters. The number of hydrogen-bond acceptors (Lipinski definition) is 2. The van der Waals surface area contributed by atoms with Gasteiger partial charge >= 0.3 is 0 Å². The van der Waals surface area contributed by atoms with Gasteiger partial charge in [-0.25, -0.2) is 4.21 Å². The SMILES string of the molecule is C=C(C)n1ccc2cc(S(=O)Nc3ccc(C(=O)NC4(C)CC4C)cc3)ccc21. The number of allylic oxidation sites excluding steroid dienone is 1. The summed E-state index contributed by atoms with van der Waals surface area (Å²) in [5.74, 6) is 0.441. The third-order valence-corrected chi connectivity index (χ3v) is 6.80. The molecule has 1 fully saturated rings. The number of fused-ring (bicyclic) bond motifs is 1. The van der Waals surface area contributed by atoms with Crippen LogP contribution in [0.2, 0.25) is 0 Å². The molecule has 0 saturated heterocycles. The lowest BCUT2D eigenvalue weighted by Crippen LogP contribution is -2.35. The molecule has 150 valence electrons. The molecule has 3 atom stereocenters. The molecule has 5 nitrogen and oxygen atoms in total. The lowest BCUT2D eigenvalue weighted by atomic mass is 10.1. The highest BCUT2D eigenvalue weighted by molar-refractivity contribution is 7.86. The van der Waals surface area contributed by atoms with Gasteiger partial charge in [0.05, 0.1) is 10.4 Å². The predicted octanol–water partition coefficient (Wildman–Crippen LogP) is 4.79. The number of nitrogens with one attached hydrogen (secondary N) is 2. The van der Waals surface area contributed by atoms with Gasteiger partial charge in [-0.2, -0.15) is 0 Å². The van der Waals surface area contributed by atoms with Crippen molar-refractivity contribution in [2.75, 3.05) is 4.72 Å². The summed E-state index contributed by atoms with van der Waals surface area (Å²) >= 11 is 0. The van der Waals surface area contributed by atoms with Crippen molar-refractivity contribution in [3.8, 4) is 0 Å². The molecule has 1 heterocycles. The highest BCUT2D eigenvalue weighted by atomic mass is 32.2. The molecule has 1 aliphatic carbocycles. The van der Waals surface area contributed by atoms with Gasteiger partial charge in [-0.1, -0.05) is 13.5 Å². The Kier molecular flexibility index (Phi) is 4.82. The summed E-state index contributed by atoms with van der Waals surface area (Å²) in [6, 6.07) is 14.8. The second-order valence-electron chi connectivity index (χ2n) is 8.07. The fourth-order valence-electron chi connectivity index (χ4n) is 3.51. The molecular weight excluding hydrogens is 382 g/mol. The molecule has 0 bridgehead atoms. The topological polar surface area (TPSA) is 63.1 Å². The molecule has 29 heavy (non-hydrogen) atoms. The standard InChI is InChI=1S/C23H25N3O2S/c1-15(2)26-12-11-18-13-20(9-10-21(18)26)29(28)25-19-7-5-17(6-8-19)22(27)24-23(4)14-16(23)3/h5-13,16,25H,1,14H2,2-4H3,(H,24,27). The maximum Gasteiger partial charge on any atom is 0.251 e. The molecule has 1 aliphatic rings. The van der Waals surface area contributed by atoms with E-state index in [1.54, 1.807) is 24.3 Å². The summed E-state index contributed by atoms with van der Waals surface area (Å²) in [4.78, 5) is 13.1. The van der Waals surface area contributed by atoms with Crippen LogP contribution in [0, 0.1) is 5.92 Å². The van der Waals surface area contributed by atoms with Crippen molar-refractivity contribution in [1.29, 1.82) is 0 Å². The Morgan fingerprint density at radius 3 is 2.52 bits per heavy atom. The van der Waals surface area contributed by atoms with Crippen LogP contribution in [-0.2, 0) is 11.0 Å². The maximum absolute atomic E-state index is 12.7. The highest BCUT2D eigenvalue weighted by Crippen LogP contribution is 2.42. The van der Waals surface area contributed by atoms with Crippen LogP contribution in [0.25, 0.3) is 16.6 Å². The Morgan fingerprint density at radius 2 is 1.90 bits per heavy atom. The van der Waals surface area contributed by atoms with Crippen LogP contribution >= 0.6 is 0 Å². The minimum absolute atomic E-state index is 0.0722. The molecular formula is C23H25N3O2S. The Balaban J connectivity index is 1.45. The van der Waals surface area contributed by atoms with Crippen molar-refractivity contribution >= 4 is 39.2 Å². The van der Waals surface area contributed by atoms with E-state index in [1.165, 1.54) is 0 Å². The number of amides is 1. The predicted molar refractivity (Wildman–Crippen MR) is 119 cm³/mol. The maximum atomic E-state index is 12.7. The molecule has 1 saturated carbocycles. The second kappa shape index (κ2) is 7.19. The van der Waals surface area contributed by atoms with Crippen molar-refractivity contribution in [2.24, 2.45) is 5.92 Å². The van der Waals surface area contributed by atoms with Gasteiger partial charge in [-0.3, -0.25) is 4.79 Å². The van der Waals surface area contributed by atoms with Gasteiger partial charge in [0.1, 0.15) is 11.0 Å². The van der Waals surface area contributed by atoms with E-state index in [2.05, 4.69) is 30.5 Å². The number of rotatable bonds is 6. The van der Waals surface area contributed by atoms with Crippen molar-refractivity contribution < 1.29 is 9.00 Å². The lowest BCUT2D eigenvalue weighted by molar-refractivity contribution is 0.0932. The number of nitrogens with zero attached hydrogens (tertiary/aromatic N) is 1. The van der Waals surface area contributed by atoms with E-state index in [0.29, 0.717) is 22.1 Å². The average molecular weight is 408 g/mol. The van der Waals surface area contributed by atoms with E-state index in [4.69, 9.17) is 0 Å². The zero-order chi connectivity index (χ0) is 20.8. The van der Waals surface area contributed by atoms with Gasteiger partial charge in [0, 0.05) is 34.1 Å². The van der Waals surface area contributed by atoms with E-state index in [-0.39, 0.29) is 11.4 Å². The summed E-state index contributed by atoms with van der Waals surface area (Å²) < 4.78 is 17.8. The molecule has 2 N–H and O–H groups in total. The molecule has 0 radical (unpaired) electrons. The second-order valence-corrected chi connectivity index (χ2v) is 9.28. The third kappa shape index (κ3) is 3.85. The van der Waals surface area contributed by atoms with E-state index in [1.807, 2.05) is 42.0 Å². The van der Waals surface area contributed by atoms with Crippen LogP contribution in [0.15, 0.2) is 66.2 Å². The first kappa shape index (κ1) is 19.5. The summed E-state index contributed by atoms with van der Waals surface area (Å²) in [5, 5.41) is 4.09. The van der Waals surface area contributed by atoms with Crippen molar-refractivity contribution in [3.63, 3.8) is 0 Å². The van der Waals surface area contributed by atoms with Crippen LogP contribution in [0.5, 0.6) is 0 Å². The zero-order valence-electron chi connectivity index (χ0n) is 16.9. The quantitative estimate of drug-likeness (QED) is 0.617. The van der Waals surface area contributed by atoms with Crippen LogP contribution < -0.4 is 10.0 Å². The first-order valence-electron chi connectivity index (χ1n) is 9.65.